The molecule has 0 amide bonds. The summed E-state index contributed by atoms with van der Waals surface area (Å²) in [6.07, 6.45) is 15.7. The highest BCUT2D eigenvalue weighted by molar-refractivity contribution is 6.29. The third-order valence-electron chi connectivity index (χ3n) is 7.55. The molecule has 0 N–H and O–H groups in total. The minimum atomic E-state index is 0. The standard InChI is InChI=1S/C15H17ClN4.C15H18N4.CH4/c1-20(9-12-8-14(16)19-10-18-12)13-6-2-4-11-5-3-7-17-15(11)13;1-19(10-13-7-9-16-11-18-13)14-6-2-4-12-5-3-8-17-15(12)14;/h3,5,7-8,10,13H,2,4,6,9H2,1H3;3,5,7-9,11,14H,2,4,6,10H2,1H3;1H4. The third-order valence-corrected chi connectivity index (χ3v) is 7.76. The maximum atomic E-state index is 5.91. The van der Waals surface area contributed by atoms with Crippen molar-refractivity contribution in [3.05, 3.63) is 107 Å². The molecule has 0 saturated heterocycles. The Kier molecular flexibility index (Phi) is 10.6. The molecular formula is C31H39ClN8. The molecule has 2 atom stereocenters. The first-order valence-corrected chi connectivity index (χ1v) is 14.0. The quantitative estimate of drug-likeness (QED) is 0.264. The zero-order chi connectivity index (χ0) is 27.0. The average molecular weight is 559 g/mol. The topological polar surface area (TPSA) is 83.8 Å². The Balaban J connectivity index is 0.000000181. The summed E-state index contributed by atoms with van der Waals surface area (Å²) in [7, 11) is 4.26. The molecule has 210 valence electrons. The summed E-state index contributed by atoms with van der Waals surface area (Å²) in [4.78, 5) is 30.3. The van der Waals surface area contributed by atoms with Crippen molar-refractivity contribution in [3.8, 4) is 0 Å². The Morgan fingerprint density at radius 3 is 1.85 bits per heavy atom. The van der Waals surface area contributed by atoms with Gasteiger partial charge in [-0.25, -0.2) is 19.9 Å². The third kappa shape index (κ3) is 7.44. The van der Waals surface area contributed by atoms with Gasteiger partial charge in [0.05, 0.1) is 34.9 Å². The summed E-state index contributed by atoms with van der Waals surface area (Å²) in [6.45, 7) is 1.59. The first-order valence-electron chi connectivity index (χ1n) is 13.6. The van der Waals surface area contributed by atoms with Crippen molar-refractivity contribution in [2.75, 3.05) is 14.1 Å². The number of hydrogen-bond donors (Lipinski definition) is 0. The summed E-state index contributed by atoms with van der Waals surface area (Å²) in [5.74, 6) is 0. The minimum Gasteiger partial charge on any atom is -0.292 e. The van der Waals surface area contributed by atoms with Crippen molar-refractivity contribution in [2.45, 2.75) is 71.1 Å². The van der Waals surface area contributed by atoms with Crippen molar-refractivity contribution < 1.29 is 0 Å². The van der Waals surface area contributed by atoms with Crippen molar-refractivity contribution in [3.63, 3.8) is 0 Å². The van der Waals surface area contributed by atoms with Crippen LogP contribution in [0.4, 0.5) is 0 Å². The van der Waals surface area contributed by atoms with Crippen LogP contribution in [0.15, 0.2) is 67.6 Å². The number of nitrogens with zero attached hydrogens (tertiary/aromatic N) is 8. The van der Waals surface area contributed by atoms with E-state index in [9.17, 15) is 0 Å². The number of aryl methyl sites for hydroxylation is 2. The van der Waals surface area contributed by atoms with E-state index < -0.39 is 0 Å². The van der Waals surface area contributed by atoms with Gasteiger partial charge in [0.2, 0.25) is 0 Å². The van der Waals surface area contributed by atoms with Crippen LogP contribution in [-0.2, 0) is 25.9 Å². The van der Waals surface area contributed by atoms with Gasteiger partial charge in [-0.1, -0.05) is 31.2 Å². The van der Waals surface area contributed by atoms with Crippen LogP contribution < -0.4 is 0 Å². The van der Waals surface area contributed by atoms with E-state index in [4.69, 9.17) is 11.6 Å². The van der Waals surface area contributed by atoms with Gasteiger partial charge >= 0.3 is 0 Å². The molecule has 0 bridgehead atoms. The lowest BCUT2D eigenvalue weighted by molar-refractivity contribution is 0.206. The van der Waals surface area contributed by atoms with E-state index in [2.05, 4.69) is 65.9 Å². The van der Waals surface area contributed by atoms with Crippen molar-refractivity contribution in [1.82, 2.24) is 39.7 Å². The lowest BCUT2D eigenvalue weighted by Gasteiger charge is -2.32. The highest BCUT2D eigenvalue weighted by Crippen LogP contribution is 2.33. The van der Waals surface area contributed by atoms with Crippen LogP contribution in [0, 0.1) is 0 Å². The molecule has 0 spiro atoms. The molecule has 40 heavy (non-hydrogen) atoms. The van der Waals surface area contributed by atoms with Gasteiger partial charge in [-0.15, -0.1) is 0 Å². The van der Waals surface area contributed by atoms with Crippen molar-refractivity contribution in [1.29, 1.82) is 0 Å². The Morgan fingerprint density at radius 2 is 1.30 bits per heavy atom. The number of halogens is 1. The summed E-state index contributed by atoms with van der Waals surface area (Å²) in [5.41, 5.74) is 7.22. The second-order valence-corrected chi connectivity index (χ2v) is 10.7. The van der Waals surface area contributed by atoms with Gasteiger partial charge in [-0.2, -0.15) is 0 Å². The lowest BCUT2D eigenvalue weighted by Crippen LogP contribution is -2.28. The van der Waals surface area contributed by atoms with Crippen LogP contribution in [0.3, 0.4) is 0 Å². The number of fused-ring (bicyclic) bond motifs is 2. The maximum Gasteiger partial charge on any atom is 0.132 e. The van der Waals surface area contributed by atoms with E-state index in [0.29, 0.717) is 17.2 Å². The minimum absolute atomic E-state index is 0. The van der Waals surface area contributed by atoms with Crippen LogP contribution in [0.5, 0.6) is 0 Å². The molecule has 4 heterocycles. The van der Waals surface area contributed by atoms with E-state index in [-0.39, 0.29) is 7.43 Å². The fourth-order valence-corrected chi connectivity index (χ4v) is 5.80. The van der Waals surface area contributed by atoms with Gasteiger partial charge in [0.1, 0.15) is 17.8 Å². The van der Waals surface area contributed by atoms with Crippen molar-refractivity contribution >= 4 is 11.6 Å². The van der Waals surface area contributed by atoms with Gasteiger partial charge < -0.3 is 0 Å². The van der Waals surface area contributed by atoms with E-state index in [1.54, 1.807) is 12.5 Å². The number of hydrogen-bond acceptors (Lipinski definition) is 8. The van der Waals surface area contributed by atoms with Crippen molar-refractivity contribution in [2.24, 2.45) is 0 Å². The predicted molar refractivity (Wildman–Crippen MR) is 159 cm³/mol. The summed E-state index contributed by atoms with van der Waals surface area (Å²) in [6, 6.07) is 13.0. The first kappa shape index (κ1) is 29.6. The molecule has 2 aliphatic carbocycles. The fraction of sp³-hybridized carbons (Fsp3) is 0.419. The number of pyridine rings is 2. The second kappa shape index (κ2) is 14.3. The molecule has 0 aromatic carbocycles. The Bertz CT molecular complexity index is 1350. The maximum absolute atomic E-state index is 5.91. The molecule has 6 rings (SSSR count). The largest absolute Gasteiger partial charge is 0.292 e. The van der Waals surface area contributed by atoms with E-state index in [1.807, 2.05) is 36.7 Å². The van der Waals surface area contributed by atoms with Gasteiger partial charge in [0, 0.05) is 31.7 Å². The van der Waals surface area contributed by atoms with Gasteiger partial charge in [0.25, 0.3) is 0 Å². The SMILES string of the molecule is C.CN(Cc1cc(Cl)ncn1)C1CCCc2cccnc21.CN(Cc1ccncn1)C1CCCc2cccnc21. The van der Waals surface area contributed by atoms with Crippen LogP contribution in [0.25, 0.3) is 0 Å². The average Bonchev–Trinajstić information content (AvgIpc) is 2.97. The highest BCUT2D eigenvalue weighted by atomic mass is 35.5. The smallest absolute Gasteiger partial charge is 0.132 e. The van der Waals surface area contributed by atoms with Crippen LogP contribution >= 0.6 is 11.6 Å². The predicted octanol–water partition coefficient (Wildman–Crippen LogP) is 6.05. The Labute approximate surface area is 242 Å². The molecule has 2 unspecified atom stereocenters. The molecule has 2 aliphatic rings. The Morgan fingerprint density at radius 1 is 0.725 bits per heavy atom. The highest BCUT2D eigenvalue weighted by Gasteiger charge is 2.26. The molecule has 4 aromatic rings. The van der Waals surface area contributed by atoms with E-state index >= 15 is 0 Å². The van der Waals surface area contributed by atoms with Gasteiger partial charge in [0.15, 0.2) is 0 Å². The lowest BCUT2D eigenvalue weighted by atomic mass is 9.91. The molecule has 4 aromatic heterocycles. The fourth-order valence-electron chi connectivity index (χ4n) is 5.63. The first-order chi connectivity index (χ1) is 19.1. The molecule has 0 saturated carbocycles. The Hall–Kier alpha value is -3.33. The van der Waals surface area contributed by atoms with E-state index in [0.717, 1.165) is 43.7 Å². The molecule has 8 nitrogen and oxygen atoms in total. The van der Waals surface area contributed by atoms with Crippen LogP contribution in [0.2, 0.25) is 5.15 Å². The van der Waals surface area contributed by atoms with Crippen LogP contribution in [0.1, 0.15) is 79.1 Å². The van der Waals surface area contributed by atoms with Gasteiger partial charge in [-0.3, -0.25) is 19.8 Å². The molecule has 0 aliphatic heterocycles. The normalized spacial score (nSPS) is 17.7. The van der Waals surface area contributed by atoms with Crippen LogP contribution in [-0.4, -0.2) is 53.8 Å². The number of aromatic nitrogens is 6. The monoisotopic (exact) mass is 558 g/mol. The molecule has 0 radical (unpaired) electrons. The molecule has 9 heteroatoms. The van der Waals surface area contributed by atoms with Gasteiger partial charge in [-0.05, 0) is 88.0 Å². The second-order valence-electron chi connectivity index (χ2n) is 10.3. The zero-order valence-corrected chi connectivity index (χ0v) is 23.4. The molecule has 0 fully saturated rings. The molecular weight excluding hydrogens is 520 g/mol. The summed E-state index contributed by atoms with van der Waals surface area (Å²) >= 11 is 5.91. The summed E-state index contributed by atoms with van der Waals surface area (Å²) in [5, 5.41) is 0.491. The summed E-state index contributed by atoms with van der Waals surface area (Å²) < 4.78 is 0. The van der Waals surface area contributed by atoms with E-state index in [1.165, 1.54) is 48.1 Å². The zero-order valence-electron chi connectivity index (χ0n) is 22.6. The number of rotatable bonds is 6.